The fourth-order valence-electron chi connectivity index (χ4n) is 2.96. The van der Waals surface area contributed by atoms with Crippen LogP contribution in [-0.2, 0) is 4.79 Å². The van der Waals surface area contributed by atoms with Gasteiger partial charge in [-0.2, -0.15) is 0 Å². The lowest BCUT2D eigenvalue weighted by atomic mass is 10.1. The monoisotopic (exact) mass is 315 g/mol. The molecule has 1 aliphatic heterocycles. The van der Waals surface area contributed by atoms with Crippen LogP contribution in [-0.4, -0.2) is 50.9 Å². The molecule has 3 rings (SSSR count). The highest BCUT2D eigenvalue weighted by Gasteiger charge is 2.28. The van der Waals surface area contributed by atoms with Crippen LogP contribution in [0.2, 0.25) is 0 Å². The van der Waals surface area contributed by atoms with Gasteiger partial charge in [-0.1, -0.05) is 6.92 Å². The van der Waals surface area contributed by atoms with Crippen LogP contribution in [0.4, 0.5) is 0 Å². The maximum atomic E-state index is 12.3. The molecule has 1 aliphatic rings. The van der Waals surface area contributed by atoms with Crippen molar-refractivity contribution >= 4 is 17.5 Å². The van der Waals surface area contributed by atoms with E-state index in [0.717, 1.165) is 31.0 Å². The maximum Gasteiger partial charge on any atom is 0.252 e. The van der Waals surface area contributed by atoms with E-state index in [1.165, 1.54) is 0 Å². The summed E-state index contributed by atoms with van der Waals surface area (Å²) in [6, 6.07) is 3.51. The zero-order valence-corrected chi connectivity index (χ0v) is 13.5. The molecular formula is C16H21N5O2. The van der Waals surface area contributed by atoms with Gasteiger partial charge in [0.15, 0.2) is 5.65 Å². The molecule has 7 heteroatoms. The number of nitrogens with zero attached hydrogens (tertiary/aromatic N) is 4. The van der Waals surface area contributed by atoms with Crippen molar-refractivity contribution in [1.29, 1.82) is 0 Å². The van der Waals surface area contributed by atoms with E-state index in [1.54, 1.807) is 22.7 Å². The van der Waals surface area contributed by atoms with E-state index in [1.807, 2.05) is 11.8 Å². The van der Waals surface area contributed by atoms with E-state index in [9.17, 15) is 9.59 Å². The molecule has 0 saturated carbocycles. The number of likely N-dealkylation sites (tertiary alicyclic amines) is 1. The van der Waals surface area contributed by atoms with Gasteiger partial charge in [0, 0.05) is 38.2 Å². The van der Waals surface area contributed by atoms with Gasteiger partial charge in [0.05, 0.1) is 5.56 Å². The van der Waals surface area contributed by atoms with Crippen LogP contribution in [0.25, 0.3) is 5.65 Å². The maximum absolute atomic E-state index is 12.3. The van der Waals surface area contributed by atoms with Crippen molar-refractivity contribution in [3.8, 4) is 0 Å². The Morgan fingerprint density at radius 2 is 2.22 bits per heavy atom. The summed E-state index contributed by atoms with van der Waals surface area (Å²) in [5.41, 5.74) is 1.28. The minimum absolute atomic E-state index is 0.138. The molecule has 1 fully saturated rings. The van der Waals surface area contributed by atoms with Crippen molar-refractivity contribution in [2.75, 3.05) is 19.6 Å². The molecule has 7 nitrogen and oxygen atoms in total. The number of amides is 2. The highest BCUT2D eigenvalue weighted by Crippen LogP contribution is 2.17. The van der Waals surface area contributed by atoms with E-state index in [2.05, 4.69) is 22.4 Å². The highest BCUT2D eigenvalue weighted by molar-refractivity contribution is 5.94. The minimum atomic E-state index is -0.138. The largest absolute Gasteiger partial charge is 0.352 e. The summed E-state index contributed by atoms with van der Waals surface area (Å²) in [5, 5.41) is 10.9. The van der Waals surface area contributed by atoms with E-state index in [0.29, 0.717) is 18.5 Å². The summed E-state index contributed by atoms with van der Waals surface area (Å²) in [4.78, 5) is 26.0. The molecule has 23 heavy (non-hydrogen) atoms. The van der Waals surface area contributed by atoms with Crippen LogP contribution < -0.4 is 5.32 Å². The first kappa shape index (κ1) is 15.5. The lowest BCUT2D eigenvalue weighted by Gasteiger charge is -2.15. The van der Waals surface area contributed by atoms with Crippen molar-refractivity contribution in [2.24, 2.45) is 5.92 Å². The molecule has 1 N–H and O–H groups in total. The number of hydrogen-bond acceptors (Lipinski definition) is 4. The van der Waals surface area contributed by atoms with E-state index >= 15 is 0 Å². The van der Waals surface area contributed by atoms with Gasteiger partial charge in [0.1, 0.15) is 5.82 Å². The molecule has 1 unspecified atom stereocenters. The Balaban J connectivity index is 1.60. The van der Waals surface area contributed by atoms with E-state index < -0.39 is 0 Å². The average molecular weight is 315 g/mol. The summed E-state index contributed by atoms with van der Waals surface area (Å²) >= 11 is 0. The normalized spacial score (nSPS) is 17.9. The summed E-state index contributed by atoms with van der Waals surface area (Å²) in [7, 11) is 0. The second kappa shape index (κ2) is 6.36. The Bertz CT molecular complexity index is 739. The number of carbonyl (C=O) groups is 2. The Kier molecular flexibility index (Phi) is 4.27. The highest BCUT2D eigenvalue weighted by atomic mass is 16.2. The molecule has 1 atom stereocenters. The van der Waals surface area contributed by atoms with Crippen LogP contribution in [0.5, 0.6) is 0 Å². The number of aryl methyl sites for hydroxylation is 1. The molecule has 0 spiro atoms. The fourth-order valence-corrected chi connectivity index (χ4v) is 2.96. The minimum Gasteiger partial charge on any atom is -0.352 e. The molecule has 122 valence electrons. The van der Waals surface area contributed by atoms with Gasteiger partial charge in [-0.15, -0.1) is 10.2 Å². The summed E-state index contributed by atoms with van der Waals surface area (Å²) in [6.45, 7) is 5.95. The van der Waals surface area contributed by atoms with Crippen LogP contribution >= 0.6 is 0 Å². The Hall–Kier alpha value is -2.44. The smallest absolute Gasteiger partial charge is 0.252 e. The number of fused-ring (bicyclic) bond motifs is 1. The molecule has 0 radical (unpaired) electrons. The Labute approximate surface area is 134 Å². The van der Waals surface area contributed by atoms with Gasteiger partial charge in [0.25, 0.3) is 5.91 Å². The van der Waals surface area contributed by atoms with Crippen molar-refractivity contribution in [1.82, 2.24) is 24.8 Å². The number of pyridine rings is 1. The molecular weight excluding hydrogens is 294 g/mol. The fraction of sp³-hybridized carbons (Fsp3) is 0.500. The van der Waals surface area contributed by atoms with Gasteiger partial charge in [-0.25, -0.2) is 0 Å². The summed E-state index contributed by atoms with van der Waals surface area (Å²) in [5.74, 6) is 0.985. The van der Waals surface area contributed by atoms with E-state index in [-0.39, 0.29) is 17.7 Å². The zero-order chi connectivity index (χ0) is 16.4. The first-order valence-corrected chi connectivity index (χ1v) is 7.96. The summed E-state index contributed by atoms with van der Waals surface area (Å²) < 4.78 is 1.79. The number of hydrogen-bond donors (Lipinski definition) is 1. The van der Waals surface area contributed by atoms with Crippen molar-refractivity contribution in [3.63, 3.8) is 0 Å². The van der Waals surface area contributed by atoms with Crippen molar-refractivity contribution in [2.45, 2.75) is 26.7 Å². The number of nitrogens with one attached hydrogen (secondary N) is 1. The first-order valence-electron chi connectivity index (χ1n) is 7.96. The van der Waals surface area contributed by atoms with Gasteiger partial charge in [-0.05, 0) is 25.5 Å². The van der Waals surface area contributed by atoms with E-state index in [4.69, 9.17) is 0 Å². The molecule has 2 aromatic heterocycles. The van der Waals surface area contributed by atoms with Crippen molar-refractivity contribution < 1.29 is 9.59 Å². The van der Waals surface area contributed by atoms with Crippen LogP contribution in [0.3, 0.4) is 0 Å². The lowest BCUT2D eigenvalue weighted by Crippen LogP contribution is -2.31. The zero-order valence-electron chi connectivity index (χ0n) is 13.5. The molecule has 3 heterocycles. The predicted molar refractivity (Wildman–Crippen MR) is 85.0 cm³/mol. The number of aromatic nitrogens is 3. The number of rotatable bonds is 5. The van der Waals surface area contributed by atoms with Gasteiger partial charge in [-0.3, -0.25) is 14.0 Å². The molecule has 0 aliphatic carbocycles. The Morgan fingerprint density at radius 1 is 1.39 bits per heavy atom. The topological polar surface area (TPSA) is 79.6 Å². The van der Waals surface area contributed by atoms with Crippen LogP contribution in [0.15, 0.2) is 18.3 Å². The second-order valence-corrected chi connectivity index (χ2v) is 6.01. The van der Waals surface area contributed by atoms with Gasteiger partial charge < -0.3 is 10.2 Å². The predicted octanol–water partition coefficient (Wildman–Crippen LogP) is 1.03. The van der Waals surface area contributed by atoms with Gasteiger partial charge in [0.2, 0.25) is 5.91 Å². The Morgan fingerprint density at radius 3 is 3.00 bits per heavy atom. The molecule has 0 bridgehead atoms. The molecule has 0 aromatic carbocycles. The third-order valence-electron chi connectivity index (χ3n) is 4.17. The molecule has 1 saturated heterocycles. The van der Waals surface area contributed by atoms with Crippen LogP contribution in [0, 0.1) is 12.8 Å². The second-order valence-electron chi connectivity index (χ2n) is 6.01. The quantitative estimate of drug-likeness (QED) is 0.893. The van der Waals surface area contributed by atoms with Crippen LogP contribution in [0.1, 0.15) is 35.9 Å². The first-order chi connectivity index (χ1) is 11.1. The van der Waals surface area contributed by atoms with Gasteiger partial charge >= 0.3 is 0 Å². The summed E-state index contributed by atoms with van der Waals surface area (Å²) in [6.07, 6.45) is 3.22. The number of carbonyl (C=O) groups excluding carboxylic acids is 2. The third-order valence-corrected chi connectivity index (χ3v) is 4.17. The third kappa shape index (κ3) is 3.18. The SMILES string of the molecule is CCCN1CC(CNC(=O)c2ccc3nnc(C)n3c2)CC1=O. The van der Waals surface area contributed by atoms with Crippen molar-refractivity contribution in [3.05, 3.63) is 29.7 Å². The standard InChI is InChI=1S/C16H21N5O2/c1-3-6-20-9-12(7-15(20)22)8-17-16(23)13-4-5-14-19-18-11(2)21(14)10-13/h4-5,10,12H,3,6-9H2,1-2H3,(H,17,23). The molecule has 2 amide bonds. The average Bonchev–Trinajstić information content (AvgIpc) is 3.09. The lowest BCUT2D eigenvalue weighted by molar-refractivity contribution is -0.127. The molecule has 2 aromatic rings.